The Bertz CT molecular complexity index is 1320. The second kappa shape index (κ2) is 8.92. The van der Waals surface area contributed by atoms with Crippen LogP contribution in [0.3, 0.4) is 0 Å². The number of carbonyl (C=O) groups excluding carboxylic acids is 1. The molecule has 174 valence electrons. The van der Waals surface area contributed by atoms with E-state index < -0.39 is 0 Å². The number of fused-ring (bicyclic) bond motifs is 1. The van der Waals surface area contributed by atoms with Gasteiger partial charge in [-0.25, -0.2) is 5.01 Å². The van der Waals surface area contributed by atoms with Crippen molar-refractivity contribution in [1.82, 2.24) is 15.2 Å². The Hall–Kier alpha value is -3.11. The van der Waals surface area contributed by atoms with Crippen molar-refractivity contribution in [2.24, 2.45) is 11.0 Å². The lowest BCUT2D eigenvalue weighted by Crippen LogP contribution is -2.28. The molecule has 4 aromatic rings. The Morgan fingerprint density at radius 2 is 2.09 bits per heavy atom. The van der Waals surface area contributed by atoms with Crippen LogP contribution in [0.25, 0.3) is 10.8 Å². The zero-order valence-corrected chi connectivity index (χ0v) is 20.1. The van der Waals surface area contributed by atoms with E-state index in [1.165, 1.54) is 33.6 Å². The van der Waals surface area contributed by atoms with E-state index in [-0.39, 0.29) is 17.7 Å². The number of rotatable bonds is 6. The van der Waals surface area contributed by atoms with Crippen molar-refractivity contribution in [2.45, 2.75) is 43.9 Å². The fourth-order valence-electron chi connectivity index (χ4n) is 4.40. The maximum atomic E-state index is 13.1. The standard InChI is InChI=1S/C24H22N4O4S2/c1-14-6-7-20-15(10-14)11-21(34-20)23-25-26-24(32-23)33-13-22(29)28-17(19-5-3-9-31-19)12-16(27-28)18-4-2-8-30-18/h2-5,8-9,11,14,17H,6-7,10,12-13H2,1H3/t14-,17+/m1/s1. The second-order valence-electron chi connectivity index (χ2n) is 8.57. The molecule has 0 bridgehead atoms. The van der Waals surface area contributed by atoms with Crippen LogP contribution in [-0.4, -0.2) is 32.6 Å². The molecule has 0 aromatic carbocycles. The molecule has 2 aliphatic rings. The summed E-state index contributed by atoms with van der Waals surface area (Å²) in [7, 11) is 0. The molecule has 4 aromatic heterocycles. The third-order valence-corrected chi connectivity index (χ3v) is 8.14. The van der Waals surface area contributed by atoms with Crippen LogP contribution in [0.5, 0.6) is 0 Å². The number of carbonyl (C=O) groups is 1. The quantitative estimate of drug-likeness (QED) is 0.323. The lowest BCUT2D eigenvalue weighted by atomic mass is 9.90. The summed E-state index contributed by atoms with van der Waals surface area (Å²) in [6.45, 7) is 2.29. The van der Waals surface area contributed by atoms with Crippen molar-refractivity contribution in [3.8, 4) is 10.8 Å². The van der Waals surface area contributed by atoms with Gasteiger partial charge in [-0.05, 0) is 61.1 Å². The van der Waals surface area contributed by atoms with Crippen LogP contribution in [0.1, 0.15) is 47.8 Å². The molecule has 0 N–H and O–H groups in total. The van der Waals surface area contributed by atoms with E-state index in [1.54, 1.807) is 36.0 Å². The normalized spacial score (nSPS) is 19.9. The third kappa shape index (κ3) is 4.12. The van der Waals surface area contributed by atoms with Gasteiger partial charge in [0.2, 0.25) is 0 Å². The topological polar surface area (TPSA) is 97.9 Å². The molecular formula is C24H22N4O4S2. The molecule has 1 amide bonds. The van der Waals surface area contributed by atoms with Gasteiger partial charge in [-0.2, -0.15) is 5.10 Å². The summed E-state index contributed by atoms with van der Waals surface area (Å²) in [5.41, 5.74) is 2.10. The van der Waals surface area contributed by atoms with Gasteiger partial charge < -0.3 is 13.3 Å². The average molecular weight is 495 g/mol. The fourth-order valence-corrected chi connectivity index (χ4v) is 6.15. The highest BCUT2D eigenvalue weighted by Gasteiger charge is 2.35. The van der Waals surface area contributed by atoms with Crippen LogP contribution in [0, 0.1) is 5.92 Å². The van der Waals surface area contributed by atoms with Crippen molar-refractivity contribution in [2.75, 3.05) is 5.75 Å². The number of thiophene rings is 1. The highest BCUT2D eigenvalue weighted by Crippen LogP contribution is 2.38. The lowest BCUT2D eigenvalue weighted by molar-refractivity contribution is -0.130. The van der Waals surface area contributed by atoms with E-state index in [2.05, 4.69) is 28.3 Å². The Morgan fingerprint density at radius 1 is 1.21 bits per heavy atom. The second-order valence-corrected chi connectivity index (χ2v) is 10.6. The predicted octanol–water partition coefficient (Wildman–Crippen LogP) is 5.58. The molecule has 8 nitrogen and oxygen atoms in total. The van der Waals surface area contributed by atoms with E-state index in [4.69, 9.17) is 13.3 Å². The fraction of sp³-hybridized carbons (Fsp3) is 0.333. The summed E-state index contributed by atoms with van der Waals surface area (Å²) < 4.78 is 16.9. The zero-order valence-electron chi connectivity index (χ0n) is 18.5. The molecule has 0 spiro atoms. The predicted molar refractivity (Wildman–Crippen MR) is 128 cm³/mol. The molecule has 10 heteroatoms. The highest BCUT2D eigenvalue weighted by molar-refractivity contribution is 7.99. The van der Waals surface area contributed by atoms with Crippen LogP contribution in [0.4, 0.5) is 0 Å². The maximum Gasteiger partial charge on any atom is 0.277 e. The monoisotopic (exact) mass is 494 g/mol. The van der Waals surface area contributed by atoms with Crippen LogP contribution in [-0.2, 0) is 17.6 Å². The maximum absolute atomic E-state index is 13.1. The molecule has 0 fully saturated rings. The summed E-state index contributed by atoms with van der Waals surface area (Å²) in [5.74, 6) is 2.49. The first-order valence-electron chi connectivity index (χ1n) is 11.2. The number of thioether (sulfide) groups is 1. The van der Waals surface area contributed by atoms with Crippen LogP contribution in [0.15, 0.2) is 66.4 Å². The first kappa shape index (κ1) is 21.4. The molecule has 2 atom stereocenters. The lowest BCUT2D eigenvalue weighted by Gasteiger charge is -2.19. The number of aryl methyl sites for hydroxylation is 1. The van der Waals surface area contributed by atoms with Gasteiger partial charge in [-0.15, -0.1) is 21.5 Å². The van der Waals surface area contributed by atoms with Crippen LogP contribution < -0.4 is 0 Å². The molecule has 0 saturated heterocycles. The summed E-state index contributed by atoms with van der Waals surface area (Å²) in [6, 6.07) is 9.15. The highest BCUT2D eigenvalue weighted by atomic mass is 32.2. The largest absolute Gasteiger partial charge is 0.467 e. The van der Waals surface area contributed by atoms with Crippen molar-refractivity contribution >= 4 is 34.7 Å². The summed E-state index contributed by atoms with van der Waals surface area (Å²) >= 11 is 2.94. The van der Waals surface area contributed by atoms with Crippen molar-refractivity contribution in [3.63, 3.8) is 0 Å². The smallest absolute Gasteiger partial charge is 0.277 e. The van der Waals surface area contributed by atoms with Gasteiger partial charge in [0.25, 0.3) is 17.0 Å². The molecule has 1 aliphatic heterocycles. The van der Waals surface area contributed by atoms with Gasteiger partial charge in [0, 0.05) is 11.3 Å². The number of aromatic nitrogens is 2. The molecule has 0 unspecified atom stereocenters. The van der Waals surface area contributed by atoms with E-state index in [0.717, 1.165) is 17.7 Å². The van der Waals surface area contributed by atoms with Gasteiger partial charge in [0.1, 0.15) is 23.3 Å². The molecule has 1 aliphatic carbocycles. The SMILES string of the molecule is C[C@@H]1CCc2sc(-c3nnc(SCC(=O)N4N=C(c5ccco5)C[C@H]4c4ccco4)o3)cc2C1. The first-order valence-corrected chi connectivity index (χ1v) is 13.0. The Labute approximate surface area is 204 Å². The molecule has 6 rings (SSSR count). The van der Waals surface area contributed by atoms with E-state index in [9.17, 15) is 4.79 Å². The molecule has 0 saturated carbocycles. The van der Waals surface area contributed by atoms with Crippen LogP contribution >= 0.6 is 23.1 Å². The van der Waals surface area contributed by atoms with Crippen molar-refractivity contribution in [3.05, 3.63) is 64.8 Å². The number of hydrogen-bond donors (Lipinski definition) is 0. The van der Waals surface area contributed by atoms with Crippen molar-refractivity contribution < 1.29 is 18.0 Å². The minimum absolute atomic E-state index is 0.117. The van der Waals surface area contributed by atoms with Gasteiger partial charge in [0.15, 0.2) is 0 Å². The van der Waals surface area contributed by atoms with Gasteiger partial charge in [-0.1, -0.05) is 18.7 Å². The van der Waals surface area contributed by atoms with E-state index in [0.29, 0.717) is 40.7 Å². The number of hydrazone groups is 1. The Kier molecular flexibility index (Phi) is 5.62. The Morgan fingerprint density at radius 3 is 2.91 bits per heavy atom. The third-order valence-electron chi connectivity index (χ3n) is 6.11. The number of furan rings is 2. The average Bonchev–Trinajstić information content (AvgIpc) is 3.66. The molecule has 5 heterocycles. The molecule has 0 radical (unpaired) electrons. The number of nitrogens with zero attached hydrogens (tertiary/aromatic N) is 4. The molecule has 34 heavy (non-hydrogen) atoms. The van der Waals surface area contributed by atoms with Gasteiger partial charge in [0.05, 0.1) is 23.2 Å². The Balaban J connectivity index is 1.15. The number of amides is 1. The van der Waals surface area contributed by atoms with Crippen molar-refractivity contribution in [1.29, 1.82) is 0 Å². The minimum atomic E-state index is -0.318. The van der Waals surface area contributed by atoms with Crippen LogP contribution in [0.2, 0.25) is 0 Å². The summed E-state index contributed by atoms with van der Waals surface area (Å²) in [6.07, 6.45) is 7.14. The number of hydrogen-bond acceptors (Lipinski definition) is 9. The van der Waals surface area contributed by atoms with E-state index in [1.807, 2.05) is 12.1 Å². The summed E-state index contributed by atoms with van der Waals surface area (Å²) in [4.78, 5) is 15.5. The first-order chi connectivity index (χ1) is 16.6. The zero-order chi connectivity index (χ0) is 23.1. The summed E-state index contributed by atoms with van der Waals surface area (Å²) in [5, 5.41) is 14.7. The molecular weight excluding hydrogens is 472 g/mol. The minimum Gasteiger partial charge on any atom is -0.467 e. The van der Waals surface area contributed by atoms with E-state index >= 15 is 0 Å². The van der Waals surface area contributed by atoms with Gasteiger partial charge in [-0.3, -0.25) is 4.79 Å². The van der Waals surface area contributed by atoms with Gasteiger partial charge >= 0.3 is 0 Å².